The molecular formula is C18H16O7. The summed E-state index contributed by atoms with van der Waals surface area (Å²) in [6.45, 7) is 0.104. The van der Waals surface area contributed by atoms with Crippen LogP contribution in [-0.2, 0) is 0 Å². The number of phenolic OH excluding ortho intramolecular Hbond substituents is 2. The Morgan fingerprint density at radius 1 is 1.04 bits per heavy atom. The minimum absolute atomic E-state index is 0.0598. The predicted molar refractivity (Wildman–Crippen MR) is 85.5 cm³/mol. The Morgan fingerprint density at radius 3 is 2.68 bits per heavy atom. The monoisotopic (exact) mass is 344 g/mol. The SMILES string of the molecule is O=C1C[C@@H](c2ccc3c(c2)OC[C@@H](CO)O3)Oc2cc(O)cc(O)c21. The molecule has 25 heavy (non-hydrogen) atoms. The van der Waals surface area contributed by atoms with E-state index in [0.29, 0.717) is 17.1 Å². The van der Waals surface area contributed by atoms with Gasteiger partial charge in [-0.15, -0.1) is 0 Å². The molecule has 2 aliphatic heterocycles. The molecule has 0 bridgehead atoms. The summed E-state index contributed by atoms with van der Waals surface area (Å²) in [5, 5.41) is 28.6. The molecule has 0 aliphatic carbocycles. The molecule has 2 aliphatic rings. The topological polar surface area (TPSA) is 105 Å². The number of aliphatic hydroxyl groups excluding tert-OH is 1. The minimum atomic E-state index is -0.564. The summed E-state index contributed by atoms with van der Waals surface area (Å²) >= 11 is 0. The van der Waals surface area contributed by atoms with Crippen LogP contribution in [-0.4, -0.2) is 40.4 Å². The van der Waals surface area contributed by atoms with Crippen LogP contribution in [0.1, 0.15) is 28.4 Å². The average molecular weight is 344 g/mol. The summed E-state index contributed by atoms with van der Waals surface area (Å²) in [6.07, 6.45) is -0.904. The minimum Gasteiger partial charge on any atom is -0.508 e. The molecule has 0 saturated carbocycles. The molecular weight excluding hydrogens is 328 g/mol. The Morgan fingerprint density at radius 2 is 1.88 bits per heavy atom. The number of ketones is 1. The lowest BCUT2D eigenvalue weighted by atomic mass is 9.95. The lowest BCUT2D eigenvalue weighted by Gasteiger charge is -2.28. The summed E-state index contributed by atoms with van der Waals surface area (Å²) in [6, 6.07) is 7.61. The second kappa shape index (κ2) is 5.86. The van der Waals surface area contributed by atoms with Gasteiger partial charge in [0.05, 0.1) is 13.0 Å². The Kier molecular flexibility index (Phi) is 3.65. The lowest BCUT2D eigenvalue weighted by Crippen LogP contribution is -2.32. The van der Waals surface area contributed by atoms with Crippen LogP contribution in [0.25, 0.3) is 0 Å². The summed E-state index contributed by atoms with van der Waals surface area (Å²) in [5.74, 6) is 0.445. The van der Waals surface area contributed by atoms with Gasteiger partial charge < -0.3 is 29.5 Å². The van der Waals surface area contributed by atoms with E-state index in [2.05, 4.69) is 0 Å². The molecule has 7 nitrogen and oxygen atoms in total. The number of ether oxygens (including phenoxy) is 3. The van der Waals surface area contributed by atoms with Crippen LogP contribution in [0.15, 0.2) is 30.3 Å². The molecule has 0 aromatic heterocycles. The van der Waals surface area contributed by atoms with Crippen LogP contribution >= 0.6 is 0 Å². The van der Waals surface area contributed by atoms with Crippen LogP contribution in [0.4, 0.5) is 0 Å². The van der Waals surface area contributed by atoms with Gasteiger partial charge >= 0.3 is 0 Å². The van der Waals surface area contributed by atoms with Crippen LogP contribution in [0.2, 0.25) is 0 Å². The number of aromatic hydroxyl groups is 2. The van der Waals surface area contributed by atoms with E-state index in [1.54, 1.807) is 18.2 Å². The molecule has 3 N–H and O–H groups in total. The number of benzene rings is 2. The summed E-state index contributed by atoms with van der Waals surface area (Å²) < 4.78 is 17.0. The number of carbonyl (C=O) groups excluding carboxylic acids is 1. The zero-order chi connectivity index (χ0) is 17.6. The first-order chi connectivity index (χ1) is 12.0. The third kappa shape index (κ3) is 2.72. The van der Waals surface area contributed by atoms with Crippen molar-refractivity contribution in [3.05, 3.63) is 41.5 Å². The van der Waals surface area contributed by atoms with Crippen molar-refractivity contribution in [1.29, 1.82) is 0 Å². The van der Waals surface area contributed by atoms with Crippen molar-refractivity contribution in [2.24, 2.45) is 0 Å². The van der Waals surface area contributed by atoms with Crippen LogP contribution in [0.5, 0.6) is 28.7 Å². The van der Waals surface area contributed by atoms with Gasteiger partial charge in [0.25, 0.3) is 0 Å². The first kappa shape index (κ1) is 15.6. The predicted octanol–water partition coefficient (Wildman–Crippen LogP) is 1.94. The first-order valence-corrected chi connectivity index (χ1v) is 7.85. The van der Waals surface area contributed by atoms with Crippen molar-refractivity contribution < 1.29 is 34.3 Å². The van der Waals surface area contributed by atoms with Crippen molar-refractivity contribution >= 4 is 5.78 Å². The fourth-order valence-electron chi connectivity index (χ4n) is 3.03. The van der Waals surface area contributed by atoms with E-state index in [9.17, 15) is 15.0 Å². The maximum absolute atomic E-state index is 12.4. The van der Waals surface area contributed by atoms with Gasteiger partial charge in [-0.05, 0) is 17.7 Å². The van der Waals surface area contributed by atoms with Gasteiger partial charge in [-0.25, -0.2) is 0 Å². The molecule has 0 radical (unpaired) electrons. The maximum Gasteiger partial charge on any atom is 0.174 e. The Balaban J connectivity index is 1.64. The number of fused-ring (bicyclic) bond motifs is 2. The van der Waals surface area contributed by atoms with Gasteiger partial charge in [-0.1, -0.05) is 6.07 Å². The van der Waals surface area contributed by atoms with E-state index in [0.717, 1.165) is 6.07 Å². The van der Waals surface area contributed by atoms with Crippen molar-refractivity contribution in [2.45, 2.75) is 18.6 Å². The third-order valence-electron chi connectivity index (χ3n) is 4.25. The van der Waals surface area contributed by atoms with Gasteiger partial charge in [0.2, 0.25) is 0 Å². The maximum atomic E-state index is 12.4. The Labute approximate surface area is 143 Å². The van der Waals surface area contributed by atoms with Gasteiger partial charge in [0.1, 0.15) is 35.5 Å². The summed E-state index contributed by atoms with van der Waals surface area (Å²) in [5.41, 5.74) is 0.795. The summed E-state index contributed by atoms with van der Waals surface area (Å²) in [4.78, 5) is 12.4. The van der Waals surface area contributed by atoms with Gasteiger partial charge in [0, 0.05) is 12.1 Å². The Bertz CT molecular complexity index is 846. The lowest BCUT2D eigenvalue weighted by molar-refractivity contribution is 0.0452. The normalized spacial score (nSPS) is 21.4. The molecule has 0 amide bonds. The molecule has 2 atom stereocenters. The number of aliphatic hydroxyl groups is 1. The van der Waals surface area contributed by atoms with Crippen molar-refractivity contribution in [2.75, 3.05) is 13.2 Å². The summed E-state index contributed by atoms with van der Waals surface area (Å²) in [7, 11) is 0. The number of Topliss-reactive ketones (excluding diaryl/α,β-unsaturated/α-hetero) is 1. The van der Waals surface area contributed by atoms with Crippen molar-refractivity contribution in [3.8, 4) is 28.7 Å². The van der Waals surface area contributed by atoms with Crippen LogP contribution < -0.4 is 14.2 Å². The largest absolute Gasteiger partial charge is 0.508 e. The van der Waals surface area contributed by atoms with E-state index < -0.39 is 12.2 Å². The van der Waals surface area contributed by atoms with Gasteiger partial charge in [-0.3, -0.25) is 4.79 Å². The second-order valence-electron chi connectivity index (χ2n) is 6.01. The van der Waals surface area contributed by atoms with Crippen LogP contribution in [0, 0.1) is 0 Å². The molecule has 7 heteroatoms. The zero-order valence-corrected chi connectivity index (χ0v) is 13.1. The standard InChI is InChI=1S/C18H16O7/c19-7-11-8-23-16-3-9(1-2-14(16)24-11)15-6-13(22)18-12(21)4-10(20)5-17(18)25-15/h1-5,11,15,19-21H,6-8H2/t11-,15+/m1/s1. The highest BCUT2D eigenvalue weighted by atomic mass is 16.6. The smallest absolute Gasteiger partial charge is 0.174 e. The quantitative estimate of drug-likeness (QED) is 0.764. The van der Waals surface area contributed by atoms with Gasteiger partial charge in [-0.2, -0.15) is 0 Å². The second-order valence-corrected chi connectivity index (χ2v) is 6.01. The molecule has 4 rings (SSSR count). The van der Waals surface area contributed by atoms with E-state index >= 15 is 0 Å². The van der Waals surface area contributed by atoms with E-state index in [1.807, 2.05) is 0 Å². The number of hydrogen-bond acceptors (Lipinski definition) is 7. The Hall–Kier alpha value is -2.93. The highest BCUT2D eigenvalue weighted by Gasteiger charge is 2.32. The molecule has 130 valence electrons. The molecule has 0 spiro atoms. The van der Waals surface area contributed by atoms with E-state index in [-0.39, 0.29) is 48.2 Å². The highest BCUT2D eigenvalue weighted by molar-refractivity contribution is 6.02. The third-order valence-corrected chi connectivity index (χ3v) is 4.25. The molecule has 2 aromatic rings. The molecule has 0 unspecified atom stereocenters. The average Bonchev–Trinajstić information content (AvgIpc) is 2.59. The van der Waals surface area contributed by atoms with Gasteiger partial charge in [0.15, 0.2) is 23.4 Å². The molecule has 2 heterocycles. The van der Waals surface area contributed by atoms with Crippen molar-refractivity contribution in [3.63, 3.8) is 0 Å². The number of hydrogen-bond donors (Lipinski definition) is 3. The van der Waals surface area contributed by atoms with Crippen molar-refractivity contribution in [1.82, 2.24) is 0 Å². The number of carbonyl (C=O) groups is 1. The number of rotatable bonds is 2. The fraction of sp³-hybridized carbons (Fsp3) is 0.278. The first-order valence-electron chi connectivity index (χ1n) is 7.85. The highest BCUT2D eigenvalue weighted by Crippen LogP contribution is 2.43. The molecule has 2 aromatic carbocycles. The zero-order valence-electron chi connectivity index (χ0n) is 13.1. The van der Waals surface area contributed by atoms with Crippen LogP contribution in [0.3, 0.4) is 0 Å². The van der Waals surface area contributed by atoms with E-state index in [1.165, 1.54) is 6.07 Å². The number of phenols is 2. The van der Waals surface area contributed by atoms with E-state index in [4.69, 9.17) is 19.3 Å². The molecule has 0 saturated heterocycles. The fourth-order valence-corrected chi connectivity index (χ4v) is 3.03. The molecule has 0 fully saturated rings.